The maximum Gasteiger partial charge on any atom is 0.272 e. The molecule has 0 radical (unpaired) electrons. The molecule has 0 atom stereocenters. The van der Waals surface area contributed by atoms with Crippen LogP contribution in [-0.4, -0.2) is 57.8 Å². The molecule has 1 N–H and O–H groups in total. The van der Waals surface area contributed by atoms with Crippen molar-refractivity contribution < 1.29 is 9.59 Å². The molecule has 1 saturated heterocycles. The Morgan fingerprint density at radius 2 is 1.77 bits per heavy atom. The number of anilines is 2. The van der Waals surface area contributed by atoms with Gasteiger partial charge in [-0.2, -0.15) is 0 Å². The van der Waals surface area contributed by atoms with Crippen LogP contribution in [0.25, 0.3) is 0 Å². The molecule has 0 bridgehead atoms. The minimum atomic E-state index is -0.198. The summed E-state index contributed by atoms with van der Waals surface area (Å²) in [6.45, 7) is 3.53. The monoisotopic (exact) mass is 393 g/mol. The van der Waals surface area contributed by atoms with E-state index in [1.807, 2.05) is 0 Å². The molecule has 1 aromatic heterocycles. The molecule has 1 fully saturated rings. The lowest BCUT2D eigenvalue weighted by atomic mass is 10.2. The maximum absolute atomic E-state index is 12.7. The van der Waals surface area contributed by atoms with E-state index in [2.05, 4.69) is 15.3 Å². The first-order valence-corrected chi connectivity index (χ1v) is 8.79. The molecule has 7 nitrogen and oxygen atoms in total. The van der Waals surface area contributed by atoms with Crippen LogP contribution in [0, 0.1) is 0 Å². The van der Waals surface area contributed by atoms with E-state index >= 15 is 0 Å². The van der Waals surface area contributed by atoms with Crippen LogP contribution >= 0.6 is 23.2 Å². The van der Waals surface area contributed by atoms with E-state index < -0.39 is 0 Å². The molecule has 2 amide bonds. The van der Waals surface area contributed by atoms with Crippen molar-refractivity contribution in [3.8, 4) is 0 Å². The van der Waals surface area contributed by atoms with Gasteiger partial charge in [0.2, 0.25) is 5.91 Å². The summed E-state index contributed by atoms with van der Waals surface area (Å²) in [6, 6.07) is 6.78. The minimum absolute atomic E-state index is 0.0176. The zero-order chi connectivity index (χ0) is 18.7. The fourth-order valence-electron chi connectivity index (χ4n) is 2.67. The van der Waals surface area contributed by atoms with Crippen LogP contribution in [-0.2, 0) is 4.79 Å². The summed E-state index contributed by atoms with van der Waals surface area (Å²) in [4.78, 5) is 35.6. The summed E-state index contributed by atoms with van der Waals surface area (Å²) in [5.74, 6) is 0.259. The number of aromatic nitrogens is 2. The summed E-state index contributed by atoms with van der Waals surface area (Å²) in [6.07, 6.45) is 1.32. The number of amides is 2. The van der Waals surface area contributed by atoms with Crippen molar-refractivity contribution >= 4 is 46.5 Å². The topological polar surface area (TPSA) is 78.4 Å². The second-order valence-corrected chi connectivity index (χ2v) is 6.60. The Morgan fingerprint density at radius 3 is 2.46 bits per heavy atom. The second-order valence-electron chi connectivity index (χ2n) is 5.81. The largest absolute Gasteiger partial charge is 0.339 e. The van der Waals surface area contributed by atoms with Crippen LogP contribution in [0.15, 0.2) is 30.6 Å². The molecule has 2 aromatic rings. The van der Waals surface area contributed by atoms with Crippen LogP contribution in [0.5, 0.6) is 0 Å². The number of hydrogen-bond donors (Lipinski definition) is 1. The summed E-state index contributed by atoms with van der Waals surface area (Å²) >= 11 is 12.2. The number of carbonyl (C=O) groups excluding carboxylic acids is 2. The van der Waals surface area contributed by atoms with Gasteiger partial charge in [0.1, 0.15) is 17.8 Å². The van der Waals surface area contributed by atoms with Crippen LogP contribution in [0.4, 0.5) is 11.5 Å². The van der Waals surface area contributed by atoms with Crippen molar-refractivity contribution in [3.63, 3.8) is 0 Å². The standard InChI is InChI=1S/C17H17Cl2N5O2/c1-11(25)23-5-7-24(8-6-23)17(26)14-9-15(21-10-20-14)22-13-4-2-3-12(18)16(13)19/h2-4,9-10H,5-8H2,1H3,(H,20,21,22). The second kappa shape index (κ2) is 7.88. The van der Waals surface area contributed by atoms with Gasteiger partial charge in [0.25, 0.3) is 5.91 Å². The number of piperazine rings is 1. The van der Waals surface area contributed by atoms with Crippen LogP contribution in [0.1, 0.15) is 17.4 Å². The Morgan fingerprint density at radius 1 is 1.08 bits per heavy atom. The zero-order valence-electron chi connectivity index (χ0n) is 14.1. The van der Waals surface area contributed by atoms with E-state index in [0.29, 0.717) is 47.7 Å². The highest BCUT2D eigenvalue weighted by atomic mass is 35.5. The average Bonchev–Trinajstić information content (AvgIpc) is 2.65. The van der Waals surface area contributed by atoms with Gasteiger partial charge in [-0.05, 0) is 12.1 Å². The Kier molecular flexibility index (Phi) is 5.58. The van der Waals surface area contributed by atoms with Gasteiger partial charge in [0.15, 0.2) is 0 Å². The third kappa shape index (κ3) is 4.05. The van der Waals surface area contributed by atoms with Crippen molar-refractivity contribution in [2.24, 2.45) is 0 Å². The van der Waals surface area contributed by atoms with Gasteiger partial charge in [-0.3, -0.25) is 9.59 Å². The first-order chi connectivity index (χ1) is 12.5. The lowest BCUT2D eigenvalue weighted by molar-refractivity contribution is -0.130. The molecule has 136 valence electrons. The van der Waals surface area contributed by atoms with Gasteiger partial charge in [-0.25, -0.2) is 9.97 Å². The lowest BCUT2D eigenvalue weighted by Crippen LogP contribution is -2.50. The third-order valence-corrected chi connectivity index (χ3v) is 4.93. The molecule has 0 aliphatic carbocycles. The molecule has 2 heterocycles. The predicted octanol–water partition coefficient (Wildman–Crippen LogP) is 2.83. The first kappa shape index (κ1) is 18.4. The molecule has 1 aliphatic heterocycles. The van der Waals surface area contributed by atoms with Crippen LogP contribution < -0.4 is 5.32 Å². The molecular formula is C17H17Cl2N5O2. The highest BCUT2D eigenvalue weighted by Crippen LogP contribution is 2.31. The van der Waals surface area contributed by atoms with Crippen molar-refractivity contribution in [3.05, 3.63) is 46.3 Å². The summed E-state index contributed by atoms with van der Waals surface area (Å²) in [7, 11) is 0. The highest BCUT2D eigenvalue weighted by Gasteiger charge is 2.24. The van der Waals surface area contributed by atoms with Crippen molar-refractivity contribution in [1.29, 1.82) is 0 Å². The van der Waals surface area contributed by atoms with E-state index in [0.717, 1.165) is 0 Å². The summed E-state index contributed by atoms with van der Waals surface area (Å²) < 4.78 is 0. The number of nitrogens with zero attached hydrogens (tertiary/aromatic N) is 4. The number of hydrogen-bond acceptors (Lipinski definition) is 5. The molecule has 1 aromatic carbocycles. The van der Waals surface area contributed by atoms with Gasteiger partial charge in [0.05, 0.1) is 15.7 Å². The number of benzene rings is 1. The predicted molar refractivity (Wildman–Crippen MR) is 99.9 cm³/mol. The van der Waals surface area contributed by atoms with Gasteiger partial charge in [0, 0.05) is 39.2 Å². The number of nitrogens with one attached hydrogen (secondary N) is 1. The normalized spacial score (nSPS) is 14.3. The smallest absolute Gasteiger partial charge is 0.272 e. The molecule has 3 rings (SSSR count). The quantitative estimate of drug-likeness (QED) is 0.866. The van der Waals surface area contributed by atoms with Gasteiger partial charge in [-0.15, -0.1) is 0 Å². The number of carbonyl (C=O) groups is 2. The van der Waals surface area contributed by atoms with E-state index in [-0.39, 0.29) is 17.5 Å². The molecule has 9 heteroatoms. The van der Waals surface area contributed by atoms with E-state index in [9.17, 15) is 9.59 Å². The van der Waals surface area contributed by atoms with E-state index in [1.165, 1.54) is 13.3 Å². The fraction of sp³-hybridized carbons (Fsp3) is 0.294. The van der Waals surface area contributed by atoms with E-state index in [4.69, 9.17) is 23.2 Å². The highest BCUT2D eigenvalue weighted by molar-refractivity contribution is 6.43. The summed E-state index contributed by atoms with van der Waals surface area (Å²) in [5, 5.41) is 3.84. The zero-order valence-corrected chi connectivity index (χ0v) is 15.6. The van der Waals surface area contributed by atoms with E-state index in [1.54, 1.807) is 34.1 Å². The molecule has 0 unspecified atom stereocenters. The van der Waals surface area contributed by atoms with Crippen LogP contribution in [0.3, 0.4) is 0 Å². The minimum Gasteiger partial charge on any atom is -0.339 e. The number of halogens is 2. The Labute approximate surface area is 160 Å². The molecular weight excluding hydrogens is 377 g/mol. The van der Waals surface area contributed by atoms with Gasteiger partial charge in [-0.1, -0.05) is 29.3 Å². The van der Waals surface area contributed by atoms with Crippen LogP contribution in [0.2, 0.25) is 10.0 Å². The average molecular weight is 394 g/mol. The molecule has 26 heavy (non-hydrogen) atoms. The maximum atomic E-state index is 12.7. The Balaban J connectivity index is 1.72. The lowest BCUT2D eigenvalue weighted by Gasteiger charge is -2.34. The van der Waals surface area contributed by atoms with Crippen molar-refractivity contribution in [1.82, 2.24) is 19.8 Å². The molecule has 0 saturated carbocycles. The van der Waals surface area contributed by atoms with Crippen molar-refractivity contribution in [2.75, 3.05) is 31.5 Å². The fourth-order valence-corrected chi connectivity index (χ4v) is 3.02. The third-order valence-electron chi connectivity index (χ3n) is 4.11. The van der Waals surface area contributed by atoms with Crippen molar-refractivity contribution in [2.45, 2.75) is 6.92 Å². The first-order valence-electron chi connectivity index (χ1n) is 8.03. The van der Waals surface area contributed by atoms with Gasteiger partial charge < -0.3 is 15.1 Å². The Bertz CT molecular complexity index is 838. The molecule has 1 aliphatic rings. The number of rotatable bonds is 3. The molecule has 0 spiro atoms. The SMILES string of the molecule is CC(=O)N1CCN(C(=O)c2cc(Nc3cccc(Cl)c3Cl)ncn2)CC1. The summed E-state index contributed by atoms with van der Waals surface area (Å²) in [5.41, 5.74) is 0.864. The van der Waals surface area contributed by atoms with Gasteiger partial charge >= 0.3 is 0 Å². The Hall–Kier alpha value is -2.38.